The van der Waals surface area contributed by atoms with Gasteiger partial charge in [0.15, 0.2) is 0 Å². The molecule has 1 aliphatic heterocycles. The maximum atomic E-state index is 10.5. The van der Waals surface area contributed by atoms with Gasteiger partial charge >= 0.3 is 5.97 Å². The van der Waals surface area contributed by atoms with Crippen LogP contribution in [0, 0.1) is 4.91 Å². The number of hydrogen-bond acceptors (Lipinski definition) is 5. The minimum atomic E-state index is -0.717. The normalized spacial score (nSPS) is 24.3. The molecular formula is C5H5NO4. The fourth-order valence-corrected chi connectivity index (χ4v) is 0.574. The Morgan fingerprint density at radius 1 is 1.60 bits per heavy atom. The predicted octanol–water partition coefficient (Wildman–Crippen LogP) is 0.514. The largest absolute Gasteiger partial charge is 0.435 e. The molecule has 0 N–H and O–H groups in total. The van der Waals surface area contributed by atoms with Gasteiger partial charge in [-0.25, -0.2) is 4.79 Å². The summed E-state index contributed by atoms with van der Waals surface area (Å²) >= 11 is 0. The zero-order valence-electron chi connectivity index (χ0n) is 5.23. The molecule has 1 unspecified atom stereocenters. The summed E-state index contributed by atoms with van der Waals surface area (Å²) in [4.78, 5) is 20.3. The SMILES string of the molecule is CC1OC(=O)C=C(N=O)O1. The van der Waals surface area contributed by atoms with Crippen molar-refractivity contribution in [1.29, 1.82) is 0 Å². The molecule has 5 heteroatoms. The Hall–Kier alpha value is -1.39. The highest BCUT2D eigenvalue weighted by Crippen LogP contribution is 2.11. The summed E-state index contributed by atoms with van der Waals surface area (Å²) in [5, 5.41) is 2.44. The van der Waals surface area contributed by atoms with E-state index >= 15 is 0 Å². The molecule has 5 nitrogen and oxygen atoms in total. The monoisotopic (exact) mass is 143 g/mol. The average Bonchev–Trinajstić information content (AvgIpc) is 1.85. The highest BCUT2D eigenvalue weighted by molar-refractivity contribution is 5.83. The second-order valence-electron chi connectivity index (χ2n) is 1.70. The number of nitroso groups, excluding NO2 is 1. The van der Waals surface area contributed by atoms with E-state index in [1.807, 2.05) is 0 Å². The molecule has 0 amide bonds. The second kappa shape index (κ2) is 2.47. The molecule has 0 aromatic rings. The lowest BCUT2D eigenvalue weighted by Crippen LogP contribution is -2.21. The van der Waals surface area contributed by atoms with Crippen molar-refractivity contribution in [3.05, 3.63) is 16.9 Å². The van der Waals surface area contributed by atoms with Crippen molar-refractivity contribution in [2.75, 3.05) is 0 Å². The number of ether oxygens (including phenoxy) is 2. The molecule has 0 saturated carbocycles. The third-order valence-electron chi connectivity index (χ3n) is 0.900. The third-order valence-corrected chi connectivity index (χ3v) is 0.900. The van der Waals surface area contributed by atoms with Gasteiger partial charge in [0.25, 0.3) is 5.88 Å². The minimum absolute atomic E-state index is 0.233. The lowest BCUT2D eigenvalue weighted by molar-refractivity contribution is -0.168. The second-order valence-corrected chi connectivity index (χ2v) is 1.70. The van der Waals surface area contributed by atoms with Gasteiger partial charge in [-0.1, -0.05) is 0 Å². The van der Waals surface area contributed by atoms with Crippen LogP contribution in [0.5, 0.6) is 0 Å². The fourth-order valence-electron chi connectivity index (χ4n) is 0.574. The molecule has 1 atom stereocenters. The average molecular weight is 143 g/mol. The van der Waals surface area contributed by atoms with Crippen molar-refractivity contribution in [1.82, 2.24) is 0 Å². The Morgan fingerprint density at radius 3 is 2.80 bits per heavy atom. The molecule has 0 aromatic heterocycles. The van der Waals surface area contributed by atoms with E-state index in [0.717, 1.165) is 6.08 Å². The Kier molecular flexibility index (Phi) is 1.66. The van der Waals surface area contributed by atoms with Crippen LogP contribution in [0.4, 0.5) is 0 Å². The zero-order chi connectivity index (χ0) is 7.56. The topological polar surface area (TPSA) is 65.0 Å². The number of carbonyl (C=O) groups is 1. The molecule has 0 aromatic carbocycles. The summed E-state index contributed by atoms with van der Waals surface area (Å²) in [6.45, 7) is 1.50. The van der Waals surface area contributed by atoms with Crippen LogP contribution < -0.4 is 0 Å². The van der Waals surface area contributed by atoms with Gasteiger partial charge in [-0.2, -0.15) is 0 Å². The maximum Gasteiger partial charge on any atom is 0.339 e. The molecule has 0 spiro atoms. The third kappa shape index (κ3) is 1.31. The van der Waals surface area contributed by atoms with E-state index in [4.69, 9.17) is 0 Å². The highest BCUT2D eigenvalue weighted by atomic mass is 16.7. The van der Waals surface area contributed by atoms with Crippen LogP contribution in [0.25, 0.3) is 0 Å². The number of esters is 1. The van der Waals surface area contributed by atoms with Gasteiger partial charge in [0.05, 0.1) is 6.08 Å². The lowest BCUT2D eigenvalue weighted by atomic mass is 10.5. The van der Waals surface area contributed by atoms with Crippen molar-refractivity contribution >= 4 is 5.97 Å². The Balaban J connectivity index is 2.74. The molecule has 1 aliphatic rings. The summed E-state index contributed by atoms with van der Waals surface area (Å²) in [6.07, 6.45) is 0.178. The van der Waals surface area contributed by atoms with Crippen LogP contribution in [0.2, 0.25) is 0 Å². The van der Waals surface area contributed by atoms with Crippen LogP contribution >= 0.6 is 0 Å². The van der Waals surface area contributed by atoms with Gasteiger partial charge < -0.3 is 9.47 Å². The summed E-state index contributed by atoms with van der Waals surface area (Å²) in [5.41, 5.74) is 0. The fraction of sp³-hybridized carbons (Fsp3) is 0.400. The molecule has 1 heterocycles. The first-order chi connectivity index (χ1) is 4.72. The quantitative estimate of drug-likeness (QED) is 0.396. The molecule has 10 heavy (non-hydrogen) atoms. The van der Waals surface area contributed by atoms with Crippen LogP contribution in [0.15, 0.2) is 17.1 Å². The number of rotatable bonds is 1. The van der Waals surface area contributed by atoms with E-state index in [9.17, 15) is 9.70 Å². The molecule has 0 aliphatic carbocycles. The van der Waals surface area contributed by atoms with E-state index in [0.29, 0.717) is 0 Å². The smallest absolute Gasteiger partial charge is 0.339 e. The van der Waals surface area contributed by atoms with Crippen LogP contribution in [0.3, 0.4) is 0 Å². The maximum absolute atomic E-state index is 10.5. The first-order valence-electron chi connectivity index (χ1n) is 2.64. The van der Waals surface area contributed by atoms with Crippen molar-refractivity contribution in [2.45, 2.75) is 13.2 Å². The van der Waals surface area contributed by atoms with E-state index < -0.39 is 12.3 Å². The van der Waals surface area contributed by atoms with Gasteiger partial charge in [-0.05, 0) is 0 Å². The Morgan fingerprint density at radius 2 is 2.30 bits per heavy atom. The molecule has 0 radical (unpaired) electrons. The van der Waals surface area contributed by atoms with Crippen molar-refractivity contribution in [3.63, 3.8) is 0 Å². The highest BCUT2D eigenvalue weighted by Gasteiger charge is 2.18. The Labute approximate surface area is 56.6 Å². The molecule has 0 fully saturated rings. The summed E-state index contributed by atoms with van der Waals surface area (Å²) < 4.78 is 9.13. The first kappa shape index (κ1) is 6.73. The minimum Gasteiger partial charge on any atom is -0.435 e. The van der Waals surface area contributed by atoms with E-state index in [2.05, 4.69) is 14.7 Å². The van der Waals surface area contributed by atoms with Crippen LogP contribution in [0.1, 0.15) is 6.92 Å². The predicted molar refractivity (Wildman–Crippen MR) is 30.5 cm³/mol. The van der Waals surface area contributed by atoms with Crippen LogP contribution in [-0.2, 0) is 14.3 Å². The van der Waals surface area contributed by atoms with Gasteiger partial charge in [-0.3, -0.25) is 0 Å². The van der Waals surface area contributed by atoms with Gasteiger partial charge in [0.1, 0.15) is 0 Å². The van der Waals surface area contributed by atoms with Crippen LogP contribution in [-0.4, -0.2) is 12.3 Å². The molecule has 0 bridgehead atoms. The number of carbonyl (C=O) groups excluding carboxylic acids is 1. The van der Waals surface area contributed by atoms with Crippen molar-refractivity contribution in [3.8, 4) is 0 Å². The Bertz CT molecular complexity index is 198. The summed E-state index contributed by atoms with van der Waals surface area (Å²) in [5.74, 6) is -0.836. The summed E-state index contributed by atoms with van der Waals surface area (Å²) in [6, 6.07) is 0. The lowest BCUT2D eigenvalue weighted by Gasteiger charge is -2.16. The van der Waals surface area contributed by atoms with E-state index in [-0.39, 0.29) is 5.88 Å². The van der Waals surface area contributed by atoms with Gasteiger partial charge in [0.2, 0.25) is 6.29 Å². The van der Waals surface area contributed by atoms with E-state index in [1.165, 1.54) is 6.92 Å². The van der Waals surface area contributed by atoms with Crippen molar-refractivity contribution < 1.29 is 14.3 Å². The number of hydrogen-bond donors (Lipinski definition) is 0. The molecular weight excluding hydrogens is 138 g/mol. The molecule has 1 rings (SSSR count). The number of nitrogens with zero attached hydrogens (tertiary/aromatic N) is 1. The van der Waals surface area contributed by atoms with Crippen molar-refractivity contribution in [2.24, 2.45) is 5.18 Å². The van der Waals surface area contributed by atoms with Gasteiger partial charge in [-0.15, -0.1) is 4.91 Å². The standard InChI is InChI=1S/C5H5NO4/c1-3-9-4(6-8)2-5(7)10-3/h2-3H,1H3. The molecule has 54 valence electrons. The van der Waals surface area contributed by atoms with Gasteiger partial charge in [0, 0.05) is 12.1 Å². The number of cyclic esters (lactones) is 1. The summed E-state index contributed by atoms with van der Waals surface area (Å²) in [7, 11) is 0. The van der Waals surface area contributed by atoms with E-state index in [1.54, 1.807) is 0 Å². The zero-order valence-corrected chi connectivity index (χ0v) is 5.23. The molecule has 0 saturated heterocycles. The first-order valence-corrected chi connectivity index (χ1v) is 2.64.